The maximum Gasteiger partial charge on any atom is 4.00 e. The van der Waals surface area contributed by atoms with Crippen LogP contribution in [-0.2, 0) is 26.2 Å². The minimum Gasteiger partial charge on any atom is -0.199 e. The average molecular weight is 746 g/mol. The Bertz CT molecular complexity index is 1550. The second kappa shape index (κ2) is 14.2. The van der Waals surface area contributed by atoms with Crippen molar-refractivity contribution < 1.29 is 26.2 Å². The van der Waals surface area contributed by atoms with Crippen LogP contribution in [0.4, 0.5) is 0 Å². The summed E-state index contributed by atoms with van der Waals surface area (Å²) in [5, 5.41) is 8.60. The predicted octanol–water partition coefficient (Wildman–Crippen LogP) is 10.1. The number of benzene rings is 4. The van der Waals surface area contributed by atoms with E-state index in [9.17, 15) is 0 Å². The van der Waals surface area contributed by atoms with Crippen molar-refractivity contribution in [2.75, 3.05) is 0 Å². The number of fused-ring (bicyclic) bond motifs is 2. The van der Waals surface area contributed by atoms with Crippen molar-refractivity contribution in [2.45, 2.75) is 26.9 Å². The summed E-state index contributed by atoms with van der Waals surface area (Å²) < 4.78 is 2.42. The molecule has 0 aliphatic heterocycles. The normalized spacial score (nSPS) is 10.8. The Morgan fingerprint density at radius 3 is 1.20 bits per heavy atom. The molecule has 0 aliphatic rings. The fraction of sp³-hybridized carbons (Fsp3) is 0.111. The molecule has 0 nitrogen and oxygen atoms in total. The Morgan fingerprint density at radius 2 is 0.900 bits per heavy atom. The van der Waals surface area contributed by atoms with Crippen LogP contribution in [-0.4, -0.2) is 8.07 Å². The van der Waals surface area contributed by atoms with E-state index in [0.717, 1.165) is 11.1 Å². The van der Waals surface area contributed by atoms with Gasteiger partial charge in [0, 0.05) is 8.07 Å². The summed E-state index contributed by atoms with van der Waals surface area (Å²) in [7, 11) is -1.89. The molecule has 0 spiro atoms. The smallest absolute Gasteiger partial charge is 0.199 e. The molecule has 4 heteroatoms. The fourth-order valence-corrected chi connectivity index (χ4v) is 11.2. The van der Waals surface area contributed by atoms with E-state index in [0.29, 0.717) is 0 Å². The van der Waals surface area contributed by atoms with Crippen molar-refractivity contribution in [2.24, 2.45) is 0 Å². The zero-order valence-electron chi connectivity index (χ0n) is 23.6. The molecule has 0 atom stereocenters. The molecule has 6 aromatic rings. The molecule has 0 aliphatic carbocycles. The van der Waals surface area contributed by atoms with Crippen LogP contribution >= 0.6 is 31.9 Å². The van der Waals surface area contributed by atoms with Gasteiger partial charge in [-0.25, -0.2) is 0 Å². The van der Waals surface area contributed by atoms with Crippen molar-refractivity contribution in [3.05, 3.63) is 154 Å². The molecule has 0 heterocycles. The number of aryl methyl sites for hydroxylation is 2. The number of halogens is 2. The van der Waals surface area contributed by atoms with Crippen LogP contribution in [0, 0.1) is 27.7 Å². The van der Waals surface area contributed by atoms with Crippen LogP contribution in [0.5, 0.6) is 0 Å². The second-order valence-electron chi connectivity index (χ2n) is 10.4. The van der Waals surface area contributed by atoms with Crippen molar-refractivity contribution in [3.8, 4) is 0 Å². The first-order chi connectivity index (χ1) is 18.6. The third-order valence-corrected chi connectivity index (χ3v) is 12.2. The van der Waals surface area contributed by atoms with Crippen molar-refractivity contribution in [3.63, 3.8) is 0 Å². The van der Waals surface area contributed by atoms with Crippen LogP contribution in [0.15, 0.2) is 118 Å². The minimum absolute atomic E-state index is 0. The number of hydrogen-bond acceptors (Lipinski definition) is 0. The number of hydrogen-bond donors (Lipinski definition) is 0. The van der Waals surface area contributed by atoms with E-state index < -0.39 is 8.07 Å². The third-order valence-electron chi connectivity index (χ3n) is 7.06. The largest absolute Gasteiger partial charge is 4.00 e. The average Bonchev–Trinajstić information content (AvgIpc) is 3.44. The minimum atomic E-state index is -1.89. The molecule has 6 rings (SSSR count). The molecule has 0 fully saturated rings. The summed E-state index contributed by atoms with van der Waals surface area (Å²) >= 11 is 7.63. The van der Waals surface area contributed by atoms with Gasteiger partial charge in [0.05, 0.1) is 0 Å². The molecule has 0 saturated heterocycles. The monoisotopic (exact) mass is 742 g/mol. The molecule has 0 bridgehead atoms. The molecule has 0 unspecified atom stereocenters. The summed E-state index contributed by atoms with van der Waals surface area (Å²) in [5.74, 6) is 0. The van der Waals surface area contributed by atoms with Crippen molar-refractivity contribution in [1.29, 1.82) is 0 Å². The van der Waals surface area contributed by atoms with Gasteiger partial charge < -0.3 is 0 Å². The first-order valence-corrected chi connectivity index (χ1v) is 17.6. The SMILES string of the molecule is Cc1[cH-]c2cccc(Br)c2c1[Si](C)(C)c1c(C)[cH-]c2cccc(Br)c12.[CH2-]c1ccccc1.[CH2-]c1ccccc1.[Zr+4]. The van der Waals surface area contributed by atoms with Gasteiger partial charge in [-0.3, -0.25) is 0 Å². The molecule has 40 heavy (non-hydrogen) atoms. The topological polar surface area (TPSA) is 0 Å². The quantitative estimate of drug-likeness (QED) is 0.122. The van der Waals surface area contributed by atoms with Gasteiger partial charge in [-0.1, -0.05) is 83.1 Å². The van der Waals surface area contributed by atoms with E-state index in [1.807, 2.05) is 60.7 Å². The van der Waals surface area contributed by atoms with Crippen molar-refractivity contribution >= 4 is 71.9 Å². The standard InChI is InChI=1S/C22H20Br2Si.2C7H7.Zr/c1-13-11-15-7-5-9-17(23)19(15)21(13)25(3,4)22-14(2)12-16-8-6-10-18(24)20(16)22;2*1-7-5-3-2-4-6-7;/h5-12H,1-4H3;2*2-6H,1H2;/q-2;2*-1;+4. The molecule has 0 N–H and O–H groups in total. The third kappa shape index (κ3) is 7.21. The second-order valence-corrected chi connectivity index (χ2v) is 16.4. The number of rotatable bonds is 2. The van der Waals surface area contributed by atoms with E-state index in [4.69, 9.17) is 0 Å². The molecule has 6 aromatic carbocycles. The predicted molar refractivity (Wildman–Crippen MR) is 183 cm³/mol. The van der Waals surface area contributed by atoms with Gasteiger partial charge in [0.15, 0.2) is 0 Å². The first kappa shape index (κ1) is 32.4. The Morgan fingerprint density at radius 1 is 0.550 bits per heavy atom. The molecular formula is C36H34Br2SiZr. The van der Waals surface area contributed by atoms with Gasteiger partial charge in [0.2, 0.25) is 0 Å². The van der Waals surface area contributed by atoms with Gasteiger partial charge >= 0.3 is 26.2 Å². The zero-order valence-corrected chi connectivity index (χ0v) is 30.2. The Labute approximate surface area is 277 Å². The Balaban J connectivity index is 0.000000241. The Hall–Kier alpha value is -2.10. The van der Waals surface area contributed by atoms with E-state index in [2.05, 4.69) is 121 Å². The summed E-state index contributed by atoms with van der Waals surface area (Å²) in [4.78, 5) is 0. The van der Waals surface area contributed by atoms with E-state index in [1.165, 1.54) is 41.6 Å². The van der Waals surface area contributed by atoms with Crippen LogP contribution in [0.1, 0.15) is 22.3 Å². The molecule has 0 radical (unpaired) electrons. The summed E-state index contributed by atoms with van der Waals surface area (Å²) in [6, 6.07) is 37.5. The first-order valence-electron chi connectivity index (χ1n) is 13.0. The van der Waals surface area contributed by atoms with Gasteiger partial charge in [0.1, 0.15) is 0 Å². The van der Waals surface area contributed by atoms with Gasteiger partial charge in [0.25, 0.3) is 0 Å². The van der Waals surface area contributed by atoms with Gasteiger partial charge in [-0.2, -0.15) is 59.6 Å². The molecule has 0 aromatic heterocycles. The van der Waals surface area contributed by atoms with Crippen LogP contribution in [0.2, 0.25) is 13.1 Å². The zero-order chi connectivity index (χ0) is 28.2. The van der Waals surface area contributed by atoms with Gasteiger partial charge in [-0.05, 0) is 8.95 Å². The van der Waals surface area contributed by atoms with E-state index in [-0.39, 0.29) is 26.2 Å². The fourth-order valence-electron chi connectivity index (χ4n) is 5.55. The van der Waals surface area contributed by atoms with E-state index in [1.54, 1.807) is 10.4 Å². The summed E-state index contributed by atoms with van der Waals surface area (Å²) in [5.41, 5.74) is 4.98. The molecular weight excluding hydrogens is 712 g/mol. The molecule has 200 valence electrons. The molecule has 0 saturated carbocycles. The summed E-state index contributed by atoms with van der Waals surface area (Å²) in [6.07, 6.45) is 0. The Kier molecular flexibility index (Phi) is 11.5. The van der Waals surface area contributed by atoms with Crippen LogP contribution in [0.3, 0.4) is 0 Å². The van der Waals surface area contributed by atoms with E-state index >= 15 is 0 Å². The van der Waals surface area contributed by atoms with Crippen LogP contribution in [0.25, 0.3) is 21.5 Å². The maximum absolute atomic E-state index is 3.81. The van der Waals surface area contributed by atoms with Gasteiger partial charge in [-0.15, -0.1) is 93.3 Å². The summed E-state index contributed by atoms with van der Waals surface area (Å²) in [6.45, 7) is 17.0. The molecule has 0 amide bonds. The van der Waals surface area contributed by atoms with Crippen molar-refractivity contribution in [1.82, 2.24) is 0 Å². The maximum atomic E-state index is 3.81. The van der Waals surface area contributed by atoms with Crippen LogP contribution < -0.4 is 10.4 Å².